The molecule has 14 heavy (non-hydrogen) atoms. The number of nitrogen functional groups attached to an aromatic ring is 1. The van der Waals surface area contributed by atoms with Gasteiger partial charge in [0, 0.05) is 0 Å². The molecular weight excluding hydrogens is 178 g/mol. The van der Waals surface area contributed by atoms with E-state index in [2.05, 4.69) is 15.1 Å². The minimum absolute atomic E-state index is 0.616. The Bertz CT molecular complexity index is 460. The number of aromatic nitrogens is 4. The first-order chi connectivity index (χ1) is 6.66. The predicted molar refractivity (Wildman–Crippen MR) is 53.0 cm³/mol. The van der Waals surface area contributed by atoms with Gasteiger partial charge in [0.1, 0.15) is 0 Å². The van der Waals surface area contributed by atoms with Crippen molar-refractivity contribution in [1.29, 1.82) is 0 Å². The molecule has 0 saturated carbocycles. The molecule has 2 aromatic heterocycles. The van der Waals surface area contributed by atoms with Crippen molar-refractivity contribution in [3.8, 4) is 5.82 Å². The van der Waals surface area contributed by atoms with Crippen LogP contribution in [0.1, 0.15) is 11.4 Å². The van der Waals surface area contributed by atoms with Crippen LogP contribution in [0.15, 0.2) is 18.6 Å². The van der Waals surface area contributed by atoms with Gasteiger partial charge in [-0.15, -0.1) is 0 Å². The zero-order valence-corrected chi connectivity index (χ0v) is 8.10. The molecule has 0 saturated heterocycles. The molecule has 0 aliphatic rings. The van der Waals surface area contributed by atoms with E-state index in [-0.39, 0.29) is 0 Å². The number of hydrogen-bond acceptors (Lipinski definition) is 4. The van der Waals surface area contributed by atoms with Crippen molar-refractivity contribution in [2.45, 2.75) is 13.8 Å². The second-order valence-electron chi connectivity index (χ2n) is 3.12. The molecule has 5 heteroatoms. The van der Waals surface area contributed by atoms with Crippen LogP contribution in [-0.2, 0) is 0 Å². The van der Waals surface area contributed by atoms with Gasteiger partial charge >= 0.3 is 0 Å². The standard InChI is InChI=1S/C9H11N5/c1-6-7(2)13-9(4-11-6)14-5-8(10)3-12-14/h3-5H,10H2,1-2H3. The van der Waals surface area contributed by atoms with Crippen LogP contribution in [0.4, 0.5) is 5.69 Å². The summed E-state index contributed by atoms with van der Waals surface area (Å²) in [6, 6.07) is 0. The summed E-state index contributed by atoms with van der Waals surface area (Å²) in [5, 5.41) is 4.05. The largest absolute Gasteiger partial charge is 0.396 e. The molecule has 0 aromatic carbocycles. The van der Waals surface area contributed by atoms with Crippen LogP contribution in [0.2, 0.25) is 0 Å². The van der Waals surface area contributed by atoms with Crippen molar-refractivity contribution in [1.82, 2.24) is 19.7 Å². The Labute approximate surface area is 81.6 Å². The summed E-state index contributed by atoms with van der Waals surface area (Å²) in [6.45, 7) is 3.84. The van der Waals surface area contributed by atoms with Crippen LogP contribution in [-0.4, -0.2) is 19.7 Å². The van der Waals surface area contributed by atoms with E-state index < -0.39 is 0 Å². The first kappa shape index (κ1) is 8.68. The average molecular weight is 189 g/mol. The zero-order chi connectivity index (χ0) is 10.1. The summed E-state index contributed by atoms with van der Waals surface area (Å²) in [4.78, 5) is 8.54. The number of anilines is 1. The van der Waals surface area contributed by atoms with Gasteiger partial charge in [-0.1, -0.05) is 0 Å². The van der Waals surface area contributed by atoms with Gasteiger partial charge in [-0.25, -0.2) is 9.67 Å². The van der Waals surface area contributed by atoms with E-state index in [4.69, 9.17) is 5.73 Å². The highest BCUT2D eigenvalue weighted by Crippen LogP contribution is 2.07. The molecule has 0 amide bonds. The SMILES string of the molecule is Cc1ncc(-n2cc(N)cn2)nc1C. The fourth-order valence-electron chi connectivity index (χ4n) is 1.10. The molecule has 2 N–H and O–H groups in total. The molecule has 5 nitrogen and oxygen atoms in total. The molecule has 72 valence electrons. The van der Waals surface area contributed by atoms with E-state index in [1.165, 1.54) is 0 Å². The maximum Gasteiger partial charge on any atom is 0.172 e. The number of nitrogens with zero attached hydrogens (tertiary/aromatic N) is 4. The fraction of sp³-hybridized carbons (Fsp3) is 0.222. The number of rotatable bonds is 1. The van der Waals surface area contributed by atoms with Crippen LogP contribution in [0, 0.1) is 13.8 Å². The van der Waals surface area contributed by atoms with E-state index in [9.17, 15) is 0 Å². The first-order valence-corrected chi connectivity index (χ1v) is 4.27. The van der Waals surface area contributed by atoms with Crippen LogP contribution in [0.5, 0.6) is 0 Å². The van der Waals surface area contributed by atoms with Gasteiger partial charge in [-0.2, -0.15) is 5.10 Å². The minimum Gasteiger partial charge on any atom is -0.396 e. The molecule has 0 unspecified atom stereocenters. The van der Waals surface area contributed by atoms with Crippen LogP contribution in [0.3, 0.4) is 0 Å². The first-order valence-electron chi connectivity index (χ1n) is 4.27. The van der Waals surface area contributed by atoms with Gasteiger partial charge in [0.15, 0.2) is 5.82 Å². The van der Waals surface area contributed by atoms with Gasteiger partial charge in [0.25, 0.3) is 0 Å². The zero-order valence-electron chi connectivity index (χ0n) is 8.10. The van der Waals surface area contributed by atoms with Gasteiger partial charge in [0.05, 0.1) is 35.7 Å². The lowest BCUT2D eigenvalue weighted by molar-refractivity contribution is 0.824. The summed E-state index contributed by atoms with van der Waals surface area (Å²) in [5.74, 6) is 0.685. The van der Waals surface area contributed by atoms with E-state index >= 15 is 0 Å². The Balaban J connectivity index is 2.47. The van der Waals surface area contributed by atoms with Crippen molar-refractivity contribution >= 4 is 5.69 Å². The van der Waals surface area contributed by atoms with Crippen LogP contribution in [0.25, 0.3) is 5.82 Å². The Morgan fingerprint density at radius 1 is 1.21 bits per heavy atom. The molecule has 0 aliphatic heterocycles. The van der Waals surface area contributed by atoms with E-state index in [1.807, 2.05) is 13.8 Å². The second-order valence-corrected chi connectivity index (χ2v) is 3.12. The van der Waals surface area contributed by atoms with Crippen molar-refractivity contribution in [2.24, 2.45) is 0 Å². The third-order valence-electron chi connectivity index (χ3n) is 2.02. The summed E-state index contributed by atoms with van der Waals surface area (Å²) in [5.41, 5.74) is 7.99. The number of hydrogen-bond donors (Lipinski definition) is 1. The molecule has 0 bridgehead atoms. The Morgan fingerprint density at radius 3 is 2.57 bits per heavy atom. The van der Waals surface area contributed by atoms with Crippen LogP contribution >= 0.6 is 0 Å². The van der Waals surface area contributed by atoms with Gasteiger partial charge < -0.3 is 5.73 Å². The van der Waals surface area contributed by atoms with Crippen LogP contribution < -0.4 is 5.73 Å². The molecule has 0 radical (unpaired) electrons. The summed E-state index contributed by atoms with van der Waals surface area (Å²) < 4.78 is 1.61. The highest BCUT2D eigenvalue weighted by atomic mass is 15.3. The van der Waals surface area contributed by atoms with Crippen molar-refractivity contribution in [3.63, 3.8) is 0 Å². The predicted octanol–water partition coefficient (Wildman–Crippen LogP) is 0.861. The van der Waals surface area contributed by atoms with Gasteiger partial charge in [0.2, 0.25) is 0 Å². The molecule has 2 aromatic rings. The molecular formula is C9H11N5. The minimum atomic E-state index is 0.616. The average Bonchev–Trinajstić information content (AvgIpc) is 2.57. The normalized spacial score (nSPS) is 10.4. The Hall–Kier alpha value is -1.91. The third kappa shape index (κ3) is 1.44. The summed E-state index contributed by atoms with van der Waals surface area (Å²) in [7, 11) is 0. The maximum atomic E-state index is 5.55. The lowest BCUT2D eigenvalue weighted by Crippen LogP contribution is -2.02. The number of aryl methyl sites for hydroxylation is 2. The highest BCUT2D eigenvalue weighted by molar-refractivity contribution is 5.34. The lowest BCUT2D eigenvalue weighted by atomic mass is 10.3. The van der Waals surface area contributed by atoms with Crippen molar-refractivity contribution in [2.75, 3.05) is 5.73 Å². The topological polar surface area (TPSA) is 69.6 Å². The third-order valence-corrected chi connectivity index (χ3v) is 2.02. The molecule has 2 rings (SSSR count). The monoisotopic (exact) mass is 189 g/mol. The van der Waals surface area contributed by atoms with Crippen molar-refractivity contribution < 1.29 is 0 Å². The van der Waals surface area contributed by atoms with Gasteiger partial charge in [-0.05, 0) is 13.8 Å². The van der Waals surface area contributed by atoms with E-state index in [0.717, 1.165) is 11.4 Å². The second kappa shape index (κ2) is 3.10. The molecule has 0 spiro atoms. The summed E-state index contributed by atoms with van der Waals surface area (Å²) >= 11 is 0. The van der Waals surface area contributed by atoms with Gasteiger partial charge in [-0.3, -0.25) is 4.98 Å². The lowest BCUT2D eigenvalue weighted by Gasteiger charge is -2.02. The fourth-order valence-corrected chi connectivity index (χ4v) is 1.10. The molecule has 2 heterocycles. The Morgan fingerprint density at radius 2 is 2.00 bits per heavy atom. The van der Waals surface area contributed by atoms with E-state index in [0.29, 0.717) is 11.5 Å². The quantitative estimate of drug-likeness (QED) is 0.722. The smallest absolute Gasteiger partial charge is 0.172 e. The molecule has 0 atom stereocenters. The summed E-state index contributed by atoms with van der Waals surface area (Å²) in [6.07, 6.45) is 4.96. The number of nitrogens with two attached hydrogens (primary N) is 1. The van der Waals surface area contributed by atoms with E-state index in [1.54, 1.807) is 23.3 Å². The molecule has 0 fully saturated rings. The van der Waals surface area contributed by atoms with Crippen molar-refractivity contribution in [3.05, 3.63) is 30.0 Å². The Kier molecular flexibility index (Phi) is 1.92. The molecule has 0 aliphatic carbocycles. The highest BCUT2D eigenvalue weighted by Gasteiger charge is 2.02. The maximum absolute atomic E-state index is 5.55.